The molecule has 0 atom stereocenters. The van der Waals surface area contributed by atoms with Crippen LogP contribution >= 0.6 is 0 Å². The summed E-state index contributed by atoms with van der Waals surface area (Å²) in [6, 6.07) is 0. The van der Waals surface area contributed by atoms with Crippen molar-refractivity contribution in [3.8, 4) is 0 Å². The highest BCUT2D eigenvalue weighted by Gasteiger charge is 1.93. The van der Waals surface area contributed by atoms with Crippen LogP contribution in [0.3, 0.4) is 0 Å². The van der Waals surface area contributed by atoms with Crippen molar-refractivity contribution < 1.29 is 4.79 Å². The molecular formula is C5H11AlO. The number of rotatable bonds is 3. The topological polar surface area (TPSA) is 17.1 Å². The molecule has 0 aliphatic carbocycles. The Balaban J connectivity index is 2.81. The van der Waals surface area contributed by atoms with Gasteiger partial charge in [0.1, 0.15) is 0 Å². The smallest absolute Gasteiger partial charge is 0.325 e. The van der Waals surface area contributed by atoms with Crippen LogP contribution in [0.15, 0.2) is 0 Å². The van der Waals surface area contributed by atoms with E-state index in [0.29, 0.717) is 0 Å². The Morgan fingerprint density at radius 2 is 2.29 bits per heavy atom. The molecule has 0 saturated heterocycles. The molecule has 0 aliphatic rings. The molecule has 0 spiro atoms. The van der Waals surface area contributed by atoms with Gasteiger partial charge >= 0.3 is 15.2 Å². The van der Waals surface area contributed by atoms with E-state index in [4.69, 9.17) is 0 Å². The van der Waals surface area contributed by atoms with Crippen LogP contribution in [0.4, 0.5) is 0 Å². The maximum Gasteiger partial charge on any atom is 0.337 e. The lowest BCUT2D eigenvalue weighted by molar-refractivity contribution is 0.567. The maximum absolute atomic E-state index is 9.77. The van der Waals surface area contributed by atoms with E-state index in [0.717, 1.165) is 11.1 Å². The minimum Gasteiger partial charge on any atom is -0.325 e. The number of hydrogen-bond acceptors (Lipinski definition) is 1. The fourth-order valence-corrected chi connectivity index (χ4v) is 1.20. The van der Waals surface area contributed by atoms with Gasteiger partial charge in [-0.25, -0.2) is 0 Å². The molecule has 0 amide bonds. The van der Waals surface area contributed by atoms with Crippen molar-refractivity contribution in [3.05, 3.63) is 0 Å². The molecule has 0 heterocycles. The second kappa shape index (κ2) is 4.36. The third-order valence-electron chi connectivity index (χ3n) is 0.862. The minimum absolute atomic E-state index is 0.306. The van der Waals surface area contributed by atoms with Crippen molar-refractivity contribution in [2.45, 2.75) is 19.1 Å². The zero-order valence-corrected chi connectivity index (χ0v) is 6.39. The largest absolute Gasteiger partial charge is 0.337 e. The molecule has 0 aromatic rings. The van der Waals surface area contributed by atoms with E-state index in [2.05, 4.69) is 13.8 Å². The van der Waals surface area contributed by atoms with Gasteiger partial charge in [0.15, 0.2) is 0 Å². The van der Waals surface area contributed by atoms with Gasteiger partial charge < -0.3 is 4.79 Å². The Labute approximate surface area is 50.8 Å². The molecule has 0 N–H and O–H groups in total. The molecule has 2 heteroatoms. The van der Waals surface area contributed by atoms with Crippen LogP contribution in [0, 0.1) is 5.92 Å². The zero-order chi connectivity index (χ0) is 5.70. The van der Waals surface area contributed by atoms with Crippen LogP contribution in [0.5, 0.6) is 0 Å². The quantitative estimate of drug-likeness (QED) is 0.389. The van der Waals surface area contributed by atoms with Crippen LogP contribution in [0.2, 0.25) is 5.28 Å². The van der Waals surface area contributed by atoms with Crippen molar-refractivity contribution in [1.29, 1.82) is 0 Å². The minimum atomic E-state index is -0.306. The molecule has 0 radical (unpaired) electrons. The molecule has 40 valence electrons. The van der Waals surface area contributed by atoms with Crippen molar-refractivity contribution in [3.63, 3.8) is 0 Å². The average Bonchev–Trinajstić information content (AvgIpc) is 1.61. The molecule has 0 aromatic heterocycles. The summed E-state index contributed by atoms with van der Waals surface area (Å²) in [6.07, 6.45) is 0. The molecule has 1 nitrogen and oxygen atoms in total. The average molecular weight is 114 g/mol. The molecule has 0 aromatic carbocycles. The summed E-state index contributed by atoms with van der Waals surface area (Å²) in [5.74, 6) is 0.733. The fraction of sp³-hybridized carbons (Fsp3) is 0.800. The van der Waals surface area contributed by atoms with Gasteiger partial charge in [-0.3, -0.25) is 0 Å². The Morgan fingerprint density at radius 1 is 1.71 bits per heavy atom. The summed E-state index contributed by atoms with van der Waals surface area (Å²) in [6.45, 7) is 4.30. The molecule has 0 saturated carbocycles. The van der Waals surface area contributed by atoms with Gasteiger partial charge in [0.2, 0.25) is 0 Å². The second-order valence-corrected chi connectivity index (χ2v) is 3.63. The number of hydrogen-bond donors (Lipinski definition) is 0. The first kappa shape index (κ1) is 7.20. The van der Waals surface area contributed by atoms with Crippen molar-refractivity contribution in [2.24, 2.45) is 5.92 Å². The highest BCUT2D eigenvalue weighted by molar-refractivity contribution is 6.66. The van der Waals surface area contributed by atoms with Crippen LogP contribution in [-0.4, -0.2) is 20.4 Å². The predicted octanol–water partition coefficient (Wildman–Crippen LogP) is 0.687. The van der Waals surface area contributed by atoms with E-state index in [1.807, 2.05) is 0 Å². The predicted molar refractivity (Wildman–Crippen MR) is 33.5 cm³/mol. The SMILES string of the molecule is CC(C)[CH2][AlH][CH]=O. The molecule has 0 bridgehead atoms. The molecule has 0 unspecified atom stereocenters. The summed E-state index contributed by atoms with van der Waals surface area (Å²) in [4.78, 5) is 9.77. The van der Waals surface area contributed by atoms with E-state index in [9.17, 15) is 4.79 Å². The van der Waals surface area contributed by atoms with Gasteiger partial charge in [-0.15, -0.1) is 0 Å². The maximum atomic E-state index is 9.77. The van der Waals surface area contributed by atoms with Gasteiger partial charge in [-0.05, 0) is 0 Å². The summed E-state index contributed by atoms with van der Waals surface area (Å²) in [7, 11) is 0. The van der Waals surface area contributed by atoms with Crippen molar-refractivity contribution >= 4 is 20.4 Å². The third kappa shape index (κ3) is 6.20. The van der Waals surface area contributed by atoms with E-state index in [-0.39, 0.29) is 15.2 Å². The van der Waals surface area contributed by atoms with Crippen LogP contribution in [-0.2, 0) is 4.79 Å². The third-order valence-corrected chi connectivity index (χ3v) is 2.59. The normalized spacial score (nSPS) is 9.00. The van der Waals surface area contributed by atoms with Gasteiger partial charge in [0, 0.05) is 5.15 Å². The van der Waals surface area contributed by atoms with Crippen molar-refractivity contribution in [1.82, 2.24) is 0 Å². The number of carbonyl (C=O) groups excluding carboxylic acids is 1. The monoisotopic (exact) mass is 114 g/mol. The Morgan fingerprint density at radius 3 is 2.43 bits per heavy atom. The van der Waals surface area contributed by atoms with E-state index in [1.165, 1.54) is 5.28 Å². The molecule has 7 heavy (non-hydrogen) atoms. The van der Waals surface area contributed by atoms with Gasteiger partial charge in [-0.1, -0.05) is 25.0 Å². The summed E-state index contributed by atoms with van der Waals surface area (Å²) >= 11 is -0.306. The first-order valence-electron chi connectivity index (χ1n) is 2.71. The lowest BCUT2D eigenvalue weighted by atomic mass is 10.3. The van der Waals surface area contributed by atoms with Gasteiger partial charge in [-0.2, -0.15) is 0 Å². The van der Waals surface area contributed by atoms with E-state index in [1.54, 1.807) is 0 Å². The standard InChI is InChI=1S/C4H9.CHO.Al.H/c1-4(2)3;1-2;;/h4H,1H2,2-3H3;1H;;. The lowest BCUT2D eigenvalue weighted by Crippen LogP contribution is -1.95. The zero-order valence-electron chi connectivity index (χ0n) is 4.98. The summed E-state index contributed by atoms with van der Waals surface area (Å²) in [5.41, 5.74) is 0. The molecule has 0 aliphatic heterocycles. The highest BCUT2D eigenvalue weighted by Crippen LogP contribution is 1.95. The second-order valence-electron chi connectivity index (χ2n) is 2.14. The highest BCUT2D eigenvalue weighted by atomic mass is 27.1. The summed E-state index contributed by atoms with van der Waals surface area (Å²) in [5, 5.41) is 2.28. The molecular weight excluding hydrogens is 103 g/mol. The molecule has 0 fully saturated rings. The lowest BCUT2D eigenvalue weighted by Gasteiger charge is -1.93. The fourth-order valence-electron chi connectivity index (χ4n) is 0.401. The van der Waals surface area contributed by atoms with Crippen LogP contribution in [0.25, 0.3) is 0 Å². The van der Waals surface area contributed by atoms with Crippen LogP contribution in [0.1, 0.15) is 13.8 Å². The van der Waals surface area contributed by atoms with Crippen molar-refractivity contribution in [2.75, 3.05) is 0 Å². The van der Waals surface area contributed by atoms with Crippen LogP contribution < -0.4 is 0 Å². The van der Waals surface area contributed by atoms with E-state index >= 15 is 0 Å². The Bertz CT molecular complexity index is 52.0. The Hall–Kier alpha value is 0.202. The molecule has 0 rings (SSSR count). The van der Waals surface area contributed by atoms with Gasteiger partial charge in [0.05, 0.1) is 0 Å². The summed E-state index contributed by atoms with van der Waals surface area (Å²) < 4.78 is 0. The Kier molecular flexibility index (Phi) is 4.49. The van der Waals surface area contributed by atoms with Gasteiger partial charge in [0.25, 0.3) is 0 Å². The first-order valence-corrected chi connectivity index (χ1v) is 4.52. The first-order chi connectivity index (χ1) is 3.27. The number of carbonyl (C=O) groups is 1. The van der Waals surface area contributed by atoms with E-state index < -0.39 is 0 Å².